The molecule has 1 aromatic heterocycles. The largest absolute Gasteiger partial charge is 0.673 e. The summed E-state index contributed by atoms with van der Waals surface area (Å²) in [6.45, 7) is 3.28. The highest BCUT2D eigenvalue weighted by Crippen LogP contribution is 2.06. The molecule has 13 heavy (non-hydrogen) atoms. The highest BCUT2D eigenvalue weighted by Gasteiger charge is 2.20. The van der Waals surface area contributed by atoms with Crippen LogP contribution in [0.2, 0.25) is 0 Å². The van der Waals surface area contributed by atoms with E-state index in [0.29, 0.717) is 0 Å². The molecule has 0 aromatic carbocycles. The van der Waals surface area contributed by atoms with Gasteiger partial charge in [0.1, 0.15) is 12.4 Å². The molecule has 0 fully saturated rings. The molecule has 0 spiro atoms. The Morgan fingerprint density at radius 1 is 1.31 bits per heavy atom. The smallest absolute Gasteiger partial charge is 0.418 e. The average molecular weight is 198 g/mol. The summed E-state index contributed by atoms with van der Waals surface area (Å²) in [5.74, 6) is 0. The van der Waals surface area contributed by atoms with Crippen molar-refractivity contribution in [3.05, 3.63) is 18.7 Å². The van der Waals surface area contributed by atoms with E-state index in [4.69, 9.17) is 0 Å². The average Bonchev–Trinajstić information content (AvgIpc) is 2.36. The van der Waals surface area contributed by atoms with Gasteiger partial charge in [0, 0.05) is 0 Å². The van der Waals surface area contributed by atoms with Crippen molar-refractivity contribution in [3.8, 4) is 0 Å². The van der Waals surface area contributed by atoms with Gasteiger partial charge in [-0.15, -0.1) is 0 Å². The van der Waals surface area contributed by atoms with Gasteiger partial charge in [0.15, 0.2) is 0 Å². The van der Waals surface area contributed by atoms with Crippen LogP contribution >= 0.6 is 0 Å². The molecule has 0 radical (unpaired) electrons. The van der Waals surface area contributed by atoms with Gasteiger partial charge in [-0.2, -0.15) is 0 Å². The van der Waals surface area contributed by atoms with Crippen molar-refractivity contribution in [1.29, 1.82) is 0 Å². The first-order valence-electron chi connectivity index (χ1n) is 3.82. The maximum Gasteiger partial charge on any atom is 0.673 e. The predicted molar refractivity (Wildman–Crippen MR) is 41.5 cm³/mol. The second-order valence-electron chi connectivity index (χ2n) is 2.34. The van der Waals surface area contributed by atoms with Gasteiger partial charge in [0.25, 0.3) is 0 Å². The van der Waals surface area contributed by atoms with E-state index >= 15 is 0 Å². The van der Waals surface area contributed by atoms with E-state index in [1.54, 1.807) is 0 Å². The molecule has 0 saturated heterocycles. The van der Waals surface area contributed by atoms with Crippen LogP contribution in [-0.4, -0.2) is 12.2 Å². The Morgan fingerprint density at radius 2 is 1.85 bits per heavy atom. The monoisotopic (exact) mass is 198 g/mol. The number of aromatic nitrogens is 2. The quantitative estimate of drug-likeness (QED) is 0.426. The molecule has 1 heterocycles. The molecule has 0 unspecified atom stereocenters. The highest BCUT2D eigenvalue weighted by atomic mass is 19.5. The number of hydrogen-bond acceptors (Lipinski definition) is 0. The molecule has 0 aliphatic carbocycles. The van der Waals surface area contributed by atoms with Gasteiger partial charge in [-0.25, -0.2) is 4.57 Å². The van der Waals surface area contributed by atoms with E-state index in [0.717, 1.165) is 6.54 Å². The molecule has 0 aliphatic heterocycles. The number of H-pyrrole nitrogens is 1. The van der Waals surface area contributed by atoms with E-state index in [-0.39, 0.29) is 0 Å². The first-order chi connectivity index (χ1) is 5.93. The van der Waals surface area contributed by atoms with Crippen LogP contribution in [-0.2, 0) is 6.54 Å². The van der Waals surface area contributed by atoms with Crippen LogP contribution in [0.15, 0.2) is 18.7 Å². The minimum Gasteiger partial charge on any atom is -0.418 e. The van der Waals surface area contributed by atoms with Crippen molar-refractivity contribution in [2.24, 2.45) is 0 Å². The van der Waals surface area contributed by atoms with Gasteiger partial charge in [-0.3, -0.25) is 4.98 Å². The number of aromatic amines is 1. The van der Waals surface area contributed by atoms with Crippen molar-refractivity contribution >= 4 is 7.25 Å². The fraction of sp³-hybridized carbons (Fsp3) is 0.500. The molecule has 7 heteroatoms. The fourth-order valence-corrected chi connectivity index (χ4v) is 0.718. The summed E-state index contributed by atoms with van der Waals surface area (Å²) in [7, 11) is -6.00. The van der Waals surface area contributed by atoms with Gasteiger partial charge in [0.2, 0.25) is 6.33 Å². The Balaban J connectivity index is 0.000000252. The minimum absolute atomic E-state index is 1.11. The van der Waals surface area contributed by atoms with E-state index in [2.05, 4.69) is 16.5 Å². The van der Waals surface area contributed by atoms with Gasteiger partial charge < -0.3 is 17.3 Å². The minimum atomic E-state index is -6.00. The van der Waals surface area contributed by atoms with Gasteiger partial charge in [-0.1, -0.05) is 6.92 Å². The van der Waals surface area contributed by atoms with Gasteiger partial charge in [0.05, 0.1) is 6.54 Å². The van der Waals surface area contributed by atoms with Crippen molar-refractivity contribution in [3.63, 3.8) is 0 Å². The van der Waals surface area contributed by atoms with Crippen LogP contribution < -0.4 is 4.57 Å². The summed E-state index contributed by atoms with van der Waals surface area (Å²) in [6.07, 6.45) is 7.12. The number of nitrogens with zero attached hydrogens (tertiary/aromatic N) is 1. The molecule has 0 aliphatic rings. The first kappa shape index (κ1) is 12.0. The molecule has 1 rings (SSSR count). The summed E-state index contributed by atoms with van der Waals surface area (Å²) >= 11 is 0. The van der Waals surface area contributed by atoms with Gasteiger partial charge in [-0.05, 0) is 6.42 Å². The maximum absolute atomic E-state index is 9.75. The van der Waals surface area contributed by atoms with E-state index in [9.17, 15) is 17.3 Å². The number of imidazole rings is 1. The third kappa shape index (κ3) is 11.0. The summed E-state index contributed by atoms with van der Waals surface area (Å²) in [5, 5.41) is 0. The SMILES string of the molecule is CCC[n+]1cc[nH]c1.F[B-](F)(F)F. The second kappa shape index (κ2) is 5.61. The Kier molecular flexibility index (Phi) is 5.17. The number of rotatable bonds is 2. The van der Waals surface area contributed by atoms with Crippen molar-refractivity contribution in [2.75, 3.05) is 0 Å². The molecule has 1 N–H and O–H groups in total. The zero-order valence-electron chi connectivity index (χ0n) is 7.18. The molecule has 0 bridgehead atoms. The molecule has 1 aromatic rings. The lowest BCUT2D eigenvalue weighted by molar-refractivity contribution is -0.695. The van der Waals surface area contributed by atoms with Crippen LogP contribution in [0.5, 0.6) is 0 Å². The fourth-order valence-electron chi connectivity index (χ4n) is 0.718. The normalized spacial score (nSPS) is 10.5. The van der Waals surface area contributed by atoms with Crippen LogP contribution in [0.4, 0.5) is 17.3 Å². The topological polar surface area (TPSA) is 19.7 Å². The summed E-state index contributed by atoms with van der Waals surface area (Å²) < 4.78 is 41.1. The molecular formula is C6H11BF4N2. The van der Waals surface area contributed by atoms with Crippen LogP contribution in [0.25, 0.3) is 0 Å². The lowest BCUT2D eigenvalue weighted by Gasteiger charge is -1.94. The molecule has 0 atom stereocenters. The van der Waals surface area contributed by atoms with Gasteiger partial charge >= 0.3 is 7.25 Å². The third-order valence-electron chi connectivity index (χ3n) is 1.08. The first-order valence-corrected chi connectivity index (χ1v) is 3.82. The van der Waals surface area contributed by atoms with E-state index < -0.39 is 7.25 Å². The lowest BCUT2D eigenvalue weighted by atomic mass is 10.3. The number of halogens is 4. The summed E-state index contributed by atoms with van der Waals surface area (Å²) in [5.41, 5.74) is 0. The van der Waals surface area contributed by atoms with Crippen molar-refractivity contribution < 1.29 is 21.8 Å². The van der Waals surface area contributed by atoms with Crippen LogP contribution in [0, 0.1) is 0 Å². The predicted octanol–water partition coefficient (Wildman–Crippen LogP) is 2.01. The molecule has 2 nitrogen and oxygen atoms in total. The summed E-state index contributed by atoms with van der Waals surface area (Å²) in [4.78, 5) is 2.98. The number of aryl methyl sites for hydroxylation is 1. The maximum atomic E-state index is 9.75. The number of nitrogens with one attached hydrogen (secondary N) is 1. The number of hydrogen-bond donors (Lipinski definition) is 1. The highest BCUT2D eigenvalue weighted by molar-refractivity contribution is 6.50. The molecule has 76 valence electrons. The summed E-state index contributed by atoms with van der Waals surface area (Å²) in [6, 6.07) is 0. The Morgan fingerprint density at radius 3 is 2.15 bits per heavy atom. The molecule has 0 saturated carbocycles. The zero-order chi connectivity index (χ0) is 10.3. The van der Waals surface area contributed by atoms with Crippen molar-refractivity contribution in [1.82, 2.24) is 4.98 Å². The Bertz CT molecular complexity index is 203. The van der Waals surface area contributed by atoms with E-state index in [1.807, 2.05) is 18.7 Å². The van der Waals surface area contributed by atoms with Crippen molar-refractivity contribution in [2.45, 2.75) is 19.9 Å². The van der Waals surface area contributed by atoms with E-state index in [1.165, 1.54) is 6.42 Å². The zero-order valence-corrected chi connectivity index (χ0v) is 7.18. The second-order valence-corrected chi connectivity index (χ2v) is 2.34. The lowest BCUT2D eigenvalue weighted by Crippen LogP contribution is -2.29. The van der Waals surface area contributed by atoms with Crippen LogP contribution in [0.3, 0.4) is 0 Å². The molecule has 0 amide bonds. The standard InChI is InChI=1S/C6H10N2.BF4/c1-2-4-8-5-3-7-6-8;2-1(3,4)5/h3,5-6H,2,4H2,1H3;/q;-1/p+1. The molecular weight excluding hydrogens is 187 g/mol. The Labute approximate surface area is 73.7 Å². The third-order valence-corrected chi connectivity index (χ3v) is 1.08. The van der Waals surface area contributed by atoms with Crippen LogP contribution in [0.1, 0.15) is 13.3 Å². The Hall–Kier alpha value is -1.01.